The molecule has 0 bridgehead atoms. The van der Waals surface area contributed by atoms with E-state index in [1.165, 1.54) is 38.2 Å². The highest BCUT2D eigenvalue weighted by Crippen LogP contribution is 2.30. The van der Waals surface area contributed by atoms with Crippen molar-refractivity contribution in [2.24, 2.45) is 11.8 Å². The van der Waals surface area contributed by atoms with Crippen LogP contribution in [0.4, 0.5) is 4.39 Å². The van der Waals surface area contributed by atoms with Crippen LogP contribution < -0.4 is 5.32 Å². The fourth-order valence-electron chi connectivity index (χ4n) is 3.01. The fraction of sp³-hybridized carbons (Fsp3) is 0.625. The van der Waals surface area contributed by atoms with E-state index in [2.05, 4.69) is 28.2 Å². The van der Waals surface area contributed by atoms with Crippen molar-refractivity contribution in [3.05, 3.63) is 34.1 Å². The maximum absolute atomic E-state index is 13.1. The SMILES string of the molecule is CC1CCCC(CCNCc2ccc(F)c(Br)c2)C1. The van der Waals surface area contributed by atoms with Gasteiger partial charge in [0.15, 0.2) is 0 Å². The highest BCUT2D eigenvalue weighted by atomic mass is 79.9. The molecule has 1 aromatic carbocycles. The highest BCUT2D eigenvalue weighted by molar-refractivity contribution is 9.10. The smallest absolute Gasteiger partial charge is 0.137 e. The molecule has 0 radical (unpaired) electrons. The first-order valence-corrected chi connectivity index (χ1v) is 8.09. The zero-order valence-electron chi connectivity index (χ0n) is 11.6. The molecule has 106 valence electrons. The van der Waals surface area contributed by atoms with Gasteiger partial charge in [-0.05, 0) is 64.8 Å². The third-order valence-corrected chi connectivity index (χ3v) is 4.70. The van der Waals surface area contributed by atoms with Crippen molar-refractivity contribution in [2.75, 3.05) is 6.54 Å². The van der Waals surface area contributed by atoms with Gasteiger partial charge in [0.25, 0.3) is 0 Å². The molecule has 0 saturated heterocycles. The van der Waals surface area contributed by atoms with Crippen molar-refractivity contribution in [2.45, 2.75) is 45.6 Å². The van der Waals surface area contributed by atoms with Crippen LogP contribution in [-0.4, -0.2) is 6.54 Å². The molecule has 1 aliphatic rings. The van der Waals surface area contributed by atoms with Gasteiger partial charge in [-0.1, -0.05) is 32.3 Å². The molecule has 1 N–H and O–H groups in total. The number of hydrogen-bond donors (Lipinski definition) is 1. The minimum atomic E-state index is -0.194. The second kappa shape index (κ2) is 7.39. The highest BCUT2D eigenvalue weighted by Gasteiger charge is 2.17. The van der Waals surface area contributed by atoms with E-state index in [0.717, 1.165) is 30.5 Å². The van der Waals surface area contributed by atoms with Crippen molar-refractivity contribution in [3.63, 3.8) is 0 Å². The predicted molar refractivity (Wildman–Crippen MR) is 81.5 cm³/mol. The summed E-state index contributed by atoms with van der Waals surface area (Å²) in [4.78, 5) is 0. The van der Waals surface area contributed by atoms with Crippen LogP contribution in [0.15, 0.2) is 22.7 Å². The van der Waals surface area contributed by atoms with Crippen LogP contribution in [0, 0.1) is 17.7 Å². The Kier molecular flexibility index (Phi) is 5.83. The summed E-state index contributed by atoms with van der Waals surface area (Å²) in [5, 5.41) is 3.47. The summed E-state index contributed by atoms with van der Waals surface area (Å²) in [6, 6.07) is 5.21. The maximum atomic E-state index is 13.1. The summed E-state index contributed by atoms with van der Waals surface area (Å²) < 4.78 is 13.6. The second-order valence-corrected chi connectivity index (χ2v) is 6.71. The molecule has 1 nitrogen and oxygen atoms in total. The van der Waals surface area contributed by atoms with Gasteiger partial charge in [0.1, 0.15) is 5.82 Å². The van der Waals surface area contributed by atoms with Crippen LogP contribution in [0.2, 0.25) is 0 Å². The fourth-order valence-corrected chi connectivity index (χ4v) is 3.44. The summed E-state index contributed by atoms with van der Waals surface area (Å²) >= 11 is 3.22. The van der Waals surface area contributed by atoms with Gasteiger partial charge in [-0.25, -0.2) is 4.39 Å². The largest absolute Gasteiger partial charge is 0.313 e. The van der Waals surface area contributed by atoms with Crippen LogP contribution >= 0.6 is 15.9 Å². The van der Waals surface area contributed by atoms with Crippen molar-refractivity contribution < 1.29 is 4.39 Å². The van der Waals surface area contributed by atoms with Crippen LogP contribution in [0.3, 0.4) is 0 Å². The van der Waals surface area contributed by atoms with Crippen molar-refractivity contribution >= 4 is 15.9 Å². The first-order chi connectivity index (χ1) is 9.15. The molecule has 1 fully saturated rings. The molecule has 2 rings (SSSR count). The monoisotopic (exact) mass is 327 g/mol. The summed E-state index contributed by atoms with van der Waals surface area (Å²) in [7, 11) is 0. The zero-order valence-corrected chi connectivity index (χ0v) is 13.2. The van der Waals surface area contributed by atoms with E-state index in [4.69, 9.17) is 0 Å². The van der Waals surface area contributed by atoms with E-state index in [0.29, 0.717) is 4.47 Å². The third kappa shape index (κ3) is 4.88. The average Bonchev–Trinajstić information content (AvgIpc) is 2.39. The van der Waals surface area contributed by atoms with E-state index < -0.39 is 0 Å². The topological polar surface area (TPSA) is 12.0 Å². The van der Waals surface area contributed by atoms with Crippen LogP contribution in [0.5, 0.6) is 0 Å². The standard InChI is InChI=1S/C16H23BrFN/c1-12-3-2-4-13(9-12)7-8-19-11-14-5-6-16(18)15(17)10-14/h5-6,10,12-13,19H,2-4,7-9,11H2,1H3. The Balaban J connectivity index is 1.67. The second-order valence-electron chi connectivity index (χ2n) is 5.85. The molecule has 19 heavy (non-hydrogen) atoms. The lowest BCUT2D eigenvalue weighted by atomic mass is 9.81. The average molecular weight is 328 g/mol. The summed E-state index contributed by atoms with van der Waals surface area (Å²) in [6.07, 6.45) is 6.87. The lowest BCUT2D eigenvalue weighted by Gasteiger charge is -2.26. The number of nitrogens with one attached hydrogen (secondary N) is 1. The van der Waals surface area contributed by atoms with E-state index in [1.54, 1.807) is 0 Å². The lowest BCUT2D eigenvalue weighted by molar-refractivity contribution is 0.267. The van der Waals surface area contributed by atoms with Gasteiger partial charge >= 0.3 is 0 Å². The molecule has 2 unspecified atom stereocenters. The Hall–Kier alpha value is -0.410. The Morgan fingerprint density at radius 3 is 2.95 bits per heavy atom. The van der Waals surface area contributed by atoms with Crippen molar-refractivity contribution in [1.82, 2.24) is 5.32 Å². The quantitative estimate of drug-likeness (QED) is 0.759. The minimum Gasteiger partial charge on any atom is -0.313 e. The van der Waals surface area contributed by atoms with Gasteiger partial charge in [-0.3, -0.25) is 0 Å². The summed E-state index contributed by atoms with van der Waals surface area (Å²) in [6.45, 7) is 4.25. The molecule has 0 aromatic heterocycles. The number of benzene rings is 1. The molecule has 0 amide bonds. The third-order valence-electron chi connectivity index (χ3n) is 4.09. The number of rotatable bonds is 5. The number of halogens is 2. The summed E-state index contributed by atoms with van der Waals surface area (Å²) in [5.74, 6) is 1.61. The molecule has 0 heterocycles. The Morgan fingerprint density at radius 2 is 2.21 bits per heavy atom. The van der Waals surface area contributed by atoms with Crippen LogP contribution in [-0.2, 0) is 6.54 Å². The maximum Gasteiger partial charge on any atom is 0.137 e. The van der Waals surface area contributed by atoms with Gasteiger partial charge in [-0.15, -0.1) is 0 Å². The van der Waals surface area contributed by atoms with Gasteiger partial charge in [-0.2, -0.15) is 0 Å². The molecular formula is C16H23BrFN. The Labute approximate surface area is 124 Å². The van der Waals surface area contributed by atoms with E-state index in [-0.39, 0.29) is 5.82 Å². The molecule has 0 spiro atoms. The zero-order chi connectivity index (χ0) is 13.7. The van der Waals surface area contributed by atoms with Crippen LogP contribution in [0.1, 0.15) is 44.6 Å². The Bertz CT molecular complexity index is 408. The summed E-state index contributed by atoms with van der Waals surface area (Å²) in [5.41, 5.74) is 1.13. The van der Waals surface area contributed by atoms with Gasteiger partial charge in [0.2, 0.25) is 0 Å². The van der Waals surface area contributed by atoms with Crippen molar-refractivity contribution in [3.8, 4) is 0 Å². The number of hydrogen-bond acceptors (Lipinski definition) is 1. The van der Waals surface area contributed by atoms with Gasteiger partial charge in [0, 0.05) is 6.54 Å². The van der Waals surface area contributed by atoms with E-state index >= 15 is 0 Å². The van der Waals surface area contributed by atoms with Crippen LogP contribution in [0.25, 0.3) is 0 Å². The molecule has 2 atom stereocenters. The molecule has 1 aromatic rings. The first kappa shape index (κ1) is 15.0. The first-order valence-electron chi connectivity index (χ1n) is 7.30. The van der Waals surface area contributed by atoms with Crippen molar-refractivity contribution in [1.29, 1.82) is 0 Å². The molecule has 1 aliphatic carbocycles. The molecule has 3 heteroatoms. The van der Waals surface area contributed by atoms with E-state index in [1.807, 2.05) is 12.1 Å². The Morgan fingerprint density at radius 1 is 1.37 bits per heavy atom. The lowest BCUT2D eigenvalue weighted by Crippen LogP contribution is -2.21. The molecule has 0 aliphatic heterocycles. The normalized spacial score (nSPS) is 23.5. The molecular weight excluding hydrogens is 305 g/mol. The molecule has 1 saturated carbocycles. The van der Waals surface area contributed by atoms with Gasteiger partial charge in [0.05, 0.1) is 4.47 Å². The predicted octanol–water partition coefficient (Wildman–Crippen LogP) is 4.89. The minimum absolute atomic E-state index is 0.194. The van der Waals surface area contributed by atoms with Gasteiger partial charge < -0.3 is 5.32 Å². The van der Waals surface area contributed by atoms with E-state index in [9.17, 15) is 4.39 Å².